The maximum atomic E-state index is 13.3. The minimum atomic E-state index is -6.05. The zero-order chi connectivity index (χ0) is 28.1. The second kappa shape index (κ2) is 12.1. The highest BCUT2D eigenvalue weighted by molar-refractivity contribution is 7.85. The molecule has 1 aliphatic carbocycles. The van der Waals surface area contributed by atoms with Gasteiger partial charge in [-0.15, -0.1) is 0 Å². The molecule has 1 saturated carbocycles. The SMILES string of the molecule is FC(F)(F)C(F)(c1ccccc1)C(F)(F)F.O=C(NC1CCOCC1)C1CC(S(=O)c2ccc(F)cc2)C1. The first-order valence-corrected chi connectivity index (χ1v) is 12.9. The van der Waals surface area contributed by atoms with E-state index in [1.54, 1.807) is 12.1 Å². The number of carbonyl (C=O) groups excluding carboxylic acids is 1. The molecule has 13 heteroatoms. The van der Waals surface area contributed by atoms with Crippen molar-refractivity contribution in [2.24, 2.45) is 5.92 Å². The van der Waals surface area contributed by atoms with Crippen molar-refractivity contribution in [1.29, 1.82) is 0 Å². The van der Waals surface area contributed by atoms with Crippen LogP contribution in [0.25, 0.3) is 0 Å². The summed E-state index contributed by atoms with van der Waals surface area (Å²) >= 11 is 0. The standard InChI is InChI=1S/C16H20FNO3S.C9H5F7/c17-12-1-3-14(4-2-12)22(20)15-9-11(10-15)16(19)18-13-5-7-21-8-6-13;10-7(8(11,12)13,9(14,15)16)6-4-2-1-3-5-6/h1-4,11,13,15H,5-10H2,(H,18,19);1-5H. The molecular weight excluding hydrogens is 546 g/mol. The Balaban J connectivity index is 0.000000223. The minimum Gasteiger partial charge on any atom is -0.381 e. The van der Waals surface area contributed by atoms with E-state index in [9.17, 15) is 44.1 Å². The van der Waals surface area contributed by atoms with E-state index in [1.165, 1.54) is 18.2 Å². The summed E-state index contributed by atoms with van der Waals surface area (Å²) in [6.07, 6.45) is -9.09. The Hall–Kier alpha value is -2.54. The molecule has 0 spiro atoms. The lowest BCUT2D eigenvalue weighted by Gasteiger charge is -2.35. The summed E-state index contributed by atoms with van der Waals surface area (Å²) in [5.74, 6) is -0.306. The van der Waals surface area contributed by atoms with Crippen LogP contribution >= 0.6 is 0 Å². The molecule has 0 aromatic heterocycles. The average molecular weight is 572 g/mol. The highest BCUT2D eigenvalue weighted by Crippen LogP contribution is 2.53. The zero-order valence-electron chi connectivity index (χ0n) is 19.8. The lowest BCUT2D eigenvalue weighted by molar-refractivity contribution is -0.348. The molecule has 2 aliphatic rings. The summed E-state index contributed by atoms with van der Waals surface area (Å²) in [4.78, 5) is 12.8. The highest BCUT2D eigenvalue weighted by atomic mass is 32.2. The quantitative estimate of drug-likeness (QED) is 0.450. The third-order valence-corrected chi connectivity index (χ3v) is 8.06. The Bertz CT molecular complexity index is 1070. The third-order valence-electron chi connectivity index (χ3n) is 6.33. The van der Waals surface area contributed by atoms with Crippen LogP contribution < -0.4 is 5.32 Å². The van der Waals surface area contributed by atoms with Gasteiger partial charge in [0, 0.05) is 40.9 Å². The van der Waals surface area contributed by atoms with Crippen molar-refractivity contribution in [2.45, 2.75) is 59.9 Å². The first kappa shape index (κ1) is 30.0. The number of ether oxygens (including phenoxy) is 1. The highest BCUT2D eigenvalue weighted by Gasteiger charge is 2.73. The average Bonchev–Trinajstić information content (AvgIpc) is 2.83. The van der Waals surface area contributed by atoms with Crippen LogP contribution in [0, 0.1) is 11.7 Å². The molecule has 1 aliphatic heterocycles. The van der Waals surface area contributed by atoms with Crippen LogP contribution in [0.2, 0.25) is 0 Å². The first-order valence-electron chi connectivity index (χ1n) is 11.7. The fraction of sp³-hybridized carbons (Fsp3) is 0.480. The normalized spacial score (nSPS) is 21.5. The molecule has 1 heterocycles. The van der Waals surface area contributed by atoms with Crippen LogP contribution in [-0.2, 0) is 26.0 Å². The van der Waals surface area contributed by atoms with Crippen molar-refractivity contribution in [3.05, 3.63) is 66.0 Å². The zero-order valence-corrected chi connectivity index (χ0v) is 20.6. The molecular formula is C25H25F8NO3S. The lowest BCUT2D eigenvalue weighted by atomic mass is 9.83. The Morgan fingerprint density at radius 2 is 1.37 bits per heavy atom. The molecule has 210 valence electrons. The van der Waals surface area contributed by atoms with E-state index in [0.717, 1.165) is 25.0 Å². The molecule has 2 fully saturated rings. The maximum Gasteiger partial charge on any atom is 0.435 e. The van der Waals surface area contributed by atoms with E-state index in [4.69, 9.17) is 4.74 Å². The van der Waals surface area contributed by atoms with Crippen molar-refractivity contribution in [2.75, 3.05) is 13.2 Å². The molecule has 0 bridgehead atoms. The molecule has 2 aromatic carbocycles. The van der Waals surface area contributed by atoms with E-state index in [0.29, 0.717) is 43.1 Å². The Morgan fingerprint density at radius 3 is 1.87 bits per heavy atom. The van der Waals surface area contributed by atoms with Gasteiger partial charge in [0.25, 0.3) is 0 Å². The number of nitrogens with one attached hydrogen (secondary N) is 1. The van der Waals surface area contributed by atoms with Crippen LogP contribution in [0.15, 0.2) is 59.5 Å². The van der Waals surface area contributed by atoms with Crippen molar-refractivity contribution in [3.63, 3.8) is 0 Å². The fourth-order valence-electron chi connectivity index (χ4n) is 4.03. The predicted octanol–water partition coefficient (Wildman–Crippen LogP) is 5.98. The van der Waals surface area contributed by atoms with E-state index >= 15 is 0 Å². The van der Waals surface area contributed by atoms with Gasteiger partial charge in [-0.05, 0) is 49.9 Å². The Kier molecular flexibility index (Phi) is 9.56. The number of alkyl halides is 7. The molecule has 4 nitrogen and oxygen atoms in total. The van der Waals surface area contributed by atoms with Crippen molar-refractivity contribution < 1.29 is 48.9 Å². The van der Waals surface area contributed by atoms with Gasteiger partial charge in [0.05, 0.1) is 10.8 Å². The number of carbonyl (C=O) groups is 1. The maximum absolute atomic E-state index is 13.3. The summed E-state index contributed by atoms with van der Waals surface area (Å²) in [5, 5.41) is 3.06. The van der Waals surface area contributed by atoms with Gasteiger partial charge in [0.15, 0.2) is 0 Å². The number of halogens is 8. The second-order valence-electron chi connectivity index (χ2n) is 8.96. The van der Waals surface area contributed by atoms with Crippen LogP contribution in [0.3, 0.4) is 0 Å². The van der Waals surface area contributed by atoms with Crippen molar-refractivity contribution in [1.82, 2.24) is 5.32 Å². The van der Waals surface area contributed by atoms with Gasteiger partial charge < -0.3 is 10.1 Å². The predicted molar refractivity (Wildman–Crippen MR) is 123 cm³/mol. The van der Waals surface area contributed by atoms with E-state index in [-0.39, 0.29) is 28.9 Å². The monoisotopic (exact) mass is 571 g/mol. The third kappa shape index (κ3) is 6.90. The summed E-state index contributed by atoms with van der Waals surface area (Å²) in [6.45, 7) is 1.40. The Morgan fingerprint density at radius 1 is 0.842 bits per heavy atom. The summed E-state index contributed by atoms with van der Waals surface area (Å²) in [6, 6.07) is 9.85. The molecule has 4 rings (SSSR count). The van der Waals surface area contributed by atoms with E-state index in [2.05, 4.69) is 5.32 Å². The van der Waals surface area contributed by atoms with Crippen LogP contribution in [0.4, 0.5) is 35.1 Å². The molecule has 38 heavy (non-hydrogen) atoms. The smallest absolute Gasteiger partial charge is 0.381 e. The molecule has 1 N–H and O–H groups in total. The molecule has 0 radical (unpaired) electrons. The van der Waals surface area contributed by atoms with Gasteiger partial charge in [-0.25, -0.2) is 8.78 Å². The van der Waals surface area contributed by atoms with Crippen LogP contribution in [-0.4, -0.2) is 47.0 Å². The fourth-order valence-corrected chi connectivity index (χ4v) is 5.64. The minimum absolute atomic E-state index is 0.00380. The van der Waals surface area contributed by atoms with Gasteiger partial charge in [-0.3, -0.25) is 9.00 Å². The summed E-state index contributed by atoms with van der Waals surface area (Å²) < 4.78 is 117. The first-order chi connectivity index (χ1) is 17.7. The molecule has 1 atom stereocenters. The van der Waals surface area contributed by atoms with Gasteiger partial charge in [-0.2, -0.15) is 26.3 Å². The van der Waals surface area contributed by atoms with Crippen LogP contribution in [0.5, 0.6) is 0 Å². The van der Waals surface area contributed by atoms with Crippen molar-refractivity contribution in [3.8, 4) is 0 Å². The lowest BCUT2D eigenvalue weighted by Crippen LogP contribution is -2.50. The molecule has 2 aromatic rings. The van der Waals surface area contributed by atoms with Gasteiger partial charge >= 0.3 is 18.0 Å². The number of benzene rings is 2. The number of rotatable bonds is 5. The van der Waals surface area contributed by atoms with Gasteiger partial charge in [-0.1, -0.05) is 30.3 Å². The van der Waals surface area contributed by atoms with E-state index in [1.807, 2.05) is 0 Å². The topological polar surface area (TPSA) is 55.4 Å². The Labute approximate surface area is 216 Å². The molecule has 1 saturated heterocycles. The number of hydrogen-bond donors (Lipinski definition) is 1. The number of hydrogen-bond acceptors (Lipinski definition) is 3. The van der Waals surface area contributed by atoms with E-state index < -0.39 is 34.4 Å². The molecule has 1 amide bonds. The summed E-state index contributed by atoms with van der Waals surface area (Å²) in [5.41, 5.74) is -6.81. The van der Waals surface area contributed by atoms with Gasteiger partial charge in [0.1, 0.15) is 5.82 Å². The second-order valence-corrected chi connectivity index (χ2v) is 10.7. The molecule has 1 unspecified atom stereocenters. The van der Waals surface area contributed by atoms with Crippen molar-refractivity contribution >= 4 is 16.7 Å². The largest absolute Gasteiger partial charge is 0.435 e. The summed E-state index contributed by atoms with van der Waals surface area (Å²) in [7, 11) is -1.16. The van der Waals surface area contributed by atoms with Gasteiger partial charge in [0.2, 0.25) is 5.91 Å². The number of amides is 1. The van der Waals surface area contributed by atoms with Crippen LogP contribution in [0.1, 0.15) is 31.2 Å².